The molecule has 3 saturated heterocycles. The van der Waals surface area contributed by atoms with Crippen molar-refractivity contribution in [3.8, 4) is 23.2 Å². The summed E-state index contributed by atoms with van der Waals surface area (Å²) in [6.45, 7) is 7.98. The van der Waals surface area contributed by atoms with E-state index in [-0.39, 0.29) is 11.7 Å². The second kappa shape index (κ2) is 12.1. The van der Waals surface area contributed by atoms with E-state index in [1.807, 2.05) is 36.9 Å². The number of amides is 1. The molecule has 216 valence electrons. The molecule has 3 aromatic rings. The van der Waals surface area contributed by atoms with Gasteiger partial charge in [0.1, 0.15) is 11.7 Å². The molecule has 3 aliphatic rings. The number of fused-ring (bicyclic) bond motifs is 1. The minimum atomic E-state index is 0.137. The lowest BCUT2D eigenvalue weighted by molar-refractivity contribution is -0.139. The van der Waals surface area contributed by atoms with Gasteiger partial charge in [0, 0.05) is 74.2 Å². The molecule has 0 radical (unpaired) electrons. The summed E-state index contributed by atoms with van der Waals surface area (Å²) in [6.07, 6.45) is 9.77. The third-order valence-corrected chi connectivity index (χ3v) is 9.10. The number of aryl methyl sites for hydroxylation is 2. The van der Waals surface area contributed by atoms with Gasteiger partial charge >= 0.3 is 0 Å². The first kappa shape index (κ1) is 27.6. The number of nitrogens with zero attached hydrogens (tertiary/aromatic N) is 7. The van der Waals surface area contributed by atoms with Gasteiger partial charge in [-0.1, -0.05) is 0 Å². The number of pyridine rings is 1. The number of hydrogen-bond donors (Lipinski definition) is 0. The predicted molar refractivity (Wildman–Crippen MR) is 154 cm³/mol. The highest BCUT2D eigenvalue weighted by Gasteiger charge is 2.33. The average molecular weight is 558 g/mol. The van der Waals surface area contributed by atoms with Crippen LogP contribution in [-0.4, -0.2) is 87.3 Å². The van der Waals surface area contributed by atoms with Crippen molar-refractivity contribution in [1.29, 1.82) is 5.26 Å². The molecule has 10 nitrogen and oxygen atoms in total. The molecule has 10 heteroatoms. The van der Waals surface area contributed by atoms with Crippen LogP contribution >= 0.6 is 0 Å². The Morgan fingerprint density at radius 1 is 1.10 bits per heavy atom. The Morgan fingerprint density at radius 3 is 2.56 bits per heavy atom. The van der Waals surface area contributed by atoms with E-state index in [4.69, 9.17) is 9.47 Å². The monoisotopic (exact) mass is 557 g/mol. The SMILES string of the molecule is Cc1cc(-c2nc(C#N)nc3c2ccn3C)cnc1OCC1CCN(C(=O)C2CCN(C3CCOCC3)CC2)CC1. The molecule has 0 aliphatic carbocycles. The summed E-state index contributed by atoms with van der Waals surface area (Å²) < 4.78 is 13.6. The molecule has 0 saturated carbocycles. The van der Waals surface area contributed by atoms with Gasteiger partial charge in [0.15, 0.2) is 0 Å². The van der Waals surface area contributed by atoms with Crippen LogP contribution in [0.25, 0.3) is 22.3 Å². The van der Waals surface area contributed by atoms with E-state index in [2.05, 4.69) is 30.8 Å². The Kier molecular flexibility index (Phi) is 8.17. The van der Waals surface area contributed by atoms with Crippen LogP contribution in [0.5, 0.6) is 5.88 Å². The van der Waals surface area contributed by atoms with Crippen molar-refractivity contribution in [2.24, 2.45) is 18.9 Å². The van der Waals surface area contributed by atoms with Gasteiger partial charge in [-0.3, -0.25) is 4.79 Å². The molecule has 0 unspecified atom stereocenters. The molecule has 41 heavy (non-hydrogen) atoms. The van der Waals surface area contributed by atoms with Crippen LogP contribution in [0.2, 0.25) is 0 Å². The smallest absolute Gasteiger partial charge is 0.234 e. The Bertz CT molecular complexity index is 1430. The summed E-state index contributed by atoms with van der Waals surface area (Å²) in [5, 5.41) is 10.3. The molecule has 6 heterocycles. The Hall–Kier alpha value is -3.55. The molecule has 0 N–H and O–H groups in total. The largest absolute Gasteiger partial charge is 0.477 e. The predicted octanol–water partition coefficient (Wildman–Crippen LogP) is 3.72. The molecule has 3 aliphatic heterocycles. The van der Waals surface area contributed by atoms with Gasteiger partial charge in [-0.2, -0.15) is 5.26 Å². The molecule has 0 aromatic carbocycles. The molecule has 0 spiro atoms. The van der Waals surface area contributed by atoms with Crippen LogP contribution in [-0.2, 0) is 16.6 Å². The second-order valence-corrected chi connectivity index (χ2v) is 11.8. The quantitative estimate of drug-likeness (QED) is 0.451. The topological polar surface area (TPSA) is 109 Å². The Labute approximate surface area is 241 Å². The fraction of sp³-hybridized carbons (Fsp3) is 0.581. The minimum Gasteiger partial charge on any atom is -0.477 e. The van der Waals surface area contributed by atoms with Gasteiger partial charge in [-0.25, -0.2) is 15.0 Å². The highest BCUT2D eigenvalue weighted by molar-refractivity contribution is 5.91. The highest BCUT2D eigenvalue weighted by Crippen LogP contribution is 2.30. The maximum absolute atomic E-state index is 13.3. The number of piperidine rings is 2. The summed E-state index contributed by atoms with van der Waals surface area (Å²) in [6, 6.07) is 6.66. The molecule has 6 rings (SSSR count). The number of aromatic nitrogens is 4. The maximum atomic E-state index is 13.3. The first-order chi connectivity index (χ1) is 20.0. The van der Waals surface area contributed by atoms with E-state index < -0.39 is 0 Å². The van der Waals surface area contributed by atoms with Gasteiger partial charge in [0.2, 0.25) is 17.6 Å². The fourth-order valence-electron chi connectivity index (χ4n) is 6.59. The number of carbonyl (C=O) groups is 1. The Balaban J connectivity index is 1.000. The van der Waals surface area contributed by atoms with Gasteiger partial charge in [0.25, 0.3) is 0 Å². The van der Waals surface area contributed by atoms with Gasteiger partial charge in [-0.15, -0.1) is 0 Å². The summed E-state index contributed by atoms with van der Waals surface area (Å²) in [5.41, 5.74) is 3.16. The first-order valence-electron chi connectivity index (χ1n) is 14.9. The molecule has 1 amide bonds. The zero-order valence-electron chi connectivity index (χ0n) is 24.1. The fourth-order valence-corrected chi connectivity index (χ4v) is 6.59. The number of rotatable bonds is 6. The van der Waals surface area contributed by atoms with E-state index in [0.717, 1.165) is 100 Å². The Morgan fingerprint density at radius 2 is 1.85 bits per heavy atom. The molecular formula is C31H39N7O3. The standard InChI is InChI=1S/C31H39N7O3/c1-21-17-24(28-26-7-10-36(2)29(26)35-27(18-32)34-28)19-33-30(21)41-20-22-3-11-38(12-4-22)31(39)23-5-13-37(14-6-23)25-8-15-40-16-9-25/h7,10,17,19,22-23,25H,3-6,8-9,11-16,20H2,1-2H3. The minimum absolute atomic E-state index is 0.137. The number of nitriles is 1. The third-order valence-electron chi connectivity index (χ3n) is 9.10. The van der Waals surface area contributed by atoms with Crippen molar-refractivity contribution in [1.82, 2.24) is 29.3 Å². The summed E-state index contributed by atoms with van der Waals surface area (Å²) in [4.78, 5) is 31.3. The van der Waals surface area contributed by atoms with E-state index >= 15 is 0 Å². The lowest BCUT2D eigenvalue weighted by Crippen LogP contribution is -2.48. The molecule has 0 bridgehead atoms. The van der Waals surface area contributed by atoms with E-state index in [0.29, 0.717) is 36.0 Å². The van der Waals surface area contributed by atoms with Crippen molar-refractivity contribution in [2.75, 3.05) is 46.0 Å². The number of likely N-dealkylation sites (tertiary alicyclic amines) is 2. The van der Waals surface area contributed by atoms with Crippen LogP contribution in [0.1, 0.15) is 49.9 Å². The van der Waals surface area contributed by atoms with Crippen LogP contribution in [0, 0.1) is 30.1 Å². The summed E-state index contributed by atoms with van der Waals surface area (Å²) in [7, 11) is 1.90. The summed E-state index contributed by atoms with van der Waals surface area (Å²) >= 11 is 0. The van der Waals surface area contributed by atoms with E-state index in [1.165, 1.54) is 0 Å². The van der Waals surface area contributed by atoms with Crippen molar-refractivity contribution in [2.45, 2.75) is 51.5 Å². The number of carbonyl (C=O) groups excluding carboxylic acids is 1. The van der Waals surface area contributed by atoms with Crippen LogP contribution < -0.4 is 4.74 Å². The molecular weight excluding hydrogens is 518 g/mol. The first-order valence-corrected chi connectivity index (χ1v) is 14.9. The zero-order chi connectivity index (χ0) is 28.3. The number of hydrogen-bond acceptors (Lipinski definition) is 8. The van der Waals surface area contributed by atoms with Gasteiger partial charge in [0.05, 0.1) is 12.3 Å². The molecule has 3 aromatic heterocycles. The van der Waals surface area contributed by atoms with E-state index in [9.17, 15) is 10.1 Å². The number of ether oxygens (including phenoxy) is 2. The lowest BCUT2D eigenvalue weighted by Gasteiger charge is -2.40. The normalized spacial score (nSPS) is 19.9. The van der Waals surface area contributed by atoms with Crippen LogP contribution in [0.3, 0.4) is 0 Å². The maximum Gasteiger partial charge on any atom is 0.234 e. The molecule has 3 fully saturated rings. The lowest BCUT2D eigenvalue weighted by atomic mass is 9.91. The highest BCUT2D eigenvalue weighted by atomic mass is 16.5. The zero-order valence-corrected chi connectivity index (χ0v) is 24.1. The second-order valence-electron chi connectivity index (χ2n) is 11.8. The van der Waals surface area contributed by atoms with Crippen molar-refractivity contribution in [3.63, 3.8) is 0 Å². The van der Waals surface area contributed by atoms with E-state index in [1.54, 1.807) is 6.20 Å². The van der Waals surface area contributed by atoms with Crippen molar-refractivity contribution >= 4 is 16.9 Å². The molecule has 0 atom stereocenters. The van der Waals surface area contributed by atoms with Crippen molar-refractivity contribution < 1.29 is 14.3 Å². The van der Waals surface area contributed by atoms with Crippen LogP contribution in [0.15, 0.2) is 24.5 Å². The summed E-state index contributed by atoms with van der Waals surface area (Å²) in [5.74, 6) is 1.67. The van der Waals surface area contributed by atoms with Crippen molar-refractivity contribution in [3.05, 3.63) is 35.9 Å². The van der Waals surface area contributed by atoms with Gasteiger partial charge < -0.3 is 23.8 Å². The van der Waals surface area contributed by atoms with Crippen LogP contribution in [0.4, 0.5) is 0 Å². The van der Waals surface area contributed by atoms with Gasteiger partial charge in [-0.05, 0) is 76.6 Å². The average Bonchev–Trinajstić information content (AvgIpc) is 3.40. The third kappa shape index (κ3) is 5.92.